The molecule has 0 atom stereocenters. The van der Waals surface area contributed by atoms with Crippen LogP contribution >= 0.6 is 0 Å². The van der Waals surface area contributed by atoms with Gasteiger partial charge in [0.1, 0.15) is 10.6 Å². The Bertz CT molecular complexity index is 187. The van der Waals surface area contributed by atoms with Gasteiger partial charge in [0.25, 0.3) is 0 Å². The van der Waals surface area contributed by atoms with E-state index in [0.717, 1.165) is 0 Å². The minimum absolute atomic E-state index is 2.10. The Morgan fingerprint density at radius 3 is 1.90 bits per heavy atom. The van der Waals surface area contributed by atoms with Gasteiger partial charge in [-0.2, -0.15) is 0 Å². The number of hydrogen-bond donors (Lipinski definition) is 0. The first kappa shape index (κ1) is 8.24. The molecule has 0 amide bonds. The maximum Gasteiger partial charge on any atom is 0.791 e. The zero-order chi connectivity index (χ0) is 7.82. The standard InChI is InChI=1S/N6O3Si/c1-3-5-8-10(7)9-6-4-2. The molecule has 9 nitrogen and oxygen atoms in total. The van der Waals surface area contributed by atoms with Gasteiger partial charge in [0.15, 0.2) is 0 Å². The first-order chi connectivity index (χ1) is 4.81. The third-order valence-corrected chi connectivity index (χ3v) is 0.765. The van der Waals surface area contributed by atoms with Crippen LogP contribution in [-0.2, 0) is 13.5 Å². The van der Waals surface area contributed by atoms with Crippen molar-refractivity contribution in [3.05, 3.63) is 20.9 Å². The summed E-state index contributed by atoms with van der Waals surface area (Å²) in [5.74, 6) is 0. The fraction of sp³-hybridized carbons (Fsp3) is 0. The van der Waals surface area contributed by atoms with Crippen molar-refractivity contribution in [2.75, 3.05) is 0 Å². The van der Waals surface area contributed by atoms with E-state index in [1.54, 1.807) is 0 Å². The lowest BCUT2D eigenvalue weighted by Gasteiger charge is -1.86. The Balaban J connectivity index is 3.63. The Morgan fingerprint density at radius 2 is 1.60 bits per heavy atom. The number of rotatable bonds is 4. The van der Waals surface area contributed by atoms with E-state index < -0.39 is 9.17 Å². The zero-order valence-electron chi connectivity index (χ0n) is 4.41. The molecule has 0 radical (unpaired) electrons. The molecule has 0 heterocycles. The monoisotopic (exact) mass is 160 g/mol. The third kappa shape index (κ3) is 4.40. The quantitative estimate of drug-likeness (QED) is 0.198. The molecule has 0 N–H and O–H groups in total. The van der Waals surface area contributed by atoms with Crippen LogP contribution in [-0.4, -0.2) is 9.17 Å². The molecule has 52 valence electrons. The summed E-state index contributed by atoms with van der Waals surface area (Å²) in [6.45, 7) is 0. The van der Waals surface area contributed by atoms with Crippen molar-refractivity contribution in [3.63, 3.8) is 0 Å². The van der Waals surface area contributed by atoms with Crippen molar-refractivity contribution in [2.24, 2.45) is 10.6 Å². The highest BCUT2D eigenvalue weighted by Crippen LogP contribution is 1.81. The fourth-order valence-corrected chi connectivity index (χ4v) is 0.360. The maximum absolute atomic E-state index is 10.2. The molecule has 0 spiro atoms. The van der Waals surface area contributed by atoms with E-state index in [9.17, 15) is 4.46 Å². The summed E-state index contributed by atoms with van der Waals surface area (Å²) in [5.41, 5.74) is 15.2. The van der Waals surface area contributed by atoms with Crippen LogP contribution in [0.1, 0.15) is 0 Å². The summed E-state index contributed by atoms with van der Waals surface area (Å²) in [4.78, 5) is 4.19. The average molecular weight is 160 g/mol. The topological polar surface area (TPSA) is 133 Å². The predicted octanol–water partition coefficient (Wildman–Crippen LogP) is 0.886. The van der Waals surface area contributed by atoms with E-state index in [0.29, 0.717) is 0 Å². The van der Waals surface area contributed by atoms with Crippen LogP contribution in [0.2, 0.25) is 0 Å². The van der Waals surface area contributed by atoms with Crippen molar-refractivity contribution < 1.29 is 13.5 Å². The number of nitrogens with zero attached hydrogens (tertiary/aromatic N) is 6. The molecular formula is N6O3Si. The summed E-state index contributed by atoms with van der Waals surface area (Å²) in [6.07, 6.45) is 0. The van der Waals surface area contributed by atoms with Gasteiger partial charge in [-0.3, -0.25) is 4.46 Å². The lowest BCUT2D eigenvalue weighted by atomic mass is 12.9. The second-order valence-electron chi connectivity index (χ2n) is 0.775. The molecule has 0 unspecified atom stereocenters. The highest BCUT2D eigenvalue weighted by Gasteiger charge is 2.07. The van der Waals surface area contributed by atoms with Crippen LogP contribution < -0.4 is 0 Å². The van der Waals surface area contributed by atoms with Crippen LogP contribution in [0.4, 0.5) is 0 Å². The maximum atomic E-state index is 10.2. The second kappa shape index (κ2) is 5.38. The second-order valence-corrected chi connectivity index (χ2v) is 1.64. The summed E-state index contributed by atoms with van der Waals surface area (Å²) in [6, 6.07) is 0. The van der Waals surface area contributed by atoms with Crippen LogP contribution in [0.5, 0.6) is 0 Å². The van der Waals surface area contributed by atoms with Gasteiger partial charge in [0, 0.05) is 9.82 Å². The number of hydrogen-bond acceptors (Lipinski definition) is 5. The minimum Gasteiger partial charge on any atom is -0.395 e. The zero-order valence-corrected chi connectivity index (χ0v) is 5.41. The lowest BCUT2D eigenvalue weighted by molar-refractivity contribution is 0.174. The molecule has 0 aliphatic heterocycles. The Kier molecular flexibility index (Phi) is 4.43. The molecule has 10 heavy (non-hydrogen) atoms. The molecule has 0 fully saturated rings. The third-order valence-electron chi connectivity index (χ3n) is 0.304. The summed E-state index contributed by atoms with van der Waals surface area (Å²) < 4.78 is 17.7. The van der Waals surface area contributed by atoms with Crippen molar-refractivity contribution in [2.45, 2.75) is 0 Å². The molecule has 0 aliphatic carbocycles. The smallest absolute Gasteiger partial charge is 0.395 e. The SMILES string of the molecule is [N-]=[N+]=NO[Si](=O)ON=[N+]=[N-]. The Labute approximate surface area is 55.2 Å². The van der Waals surface area contributed by atoms with Gasteiger partial charge in [0.2, 0.25) is 0 Å². The van der Waals surface area contributed by atoms with Gasteiger partial charge in [-0.25, -0.2) is 0 Å². The first-order valence-corrected chi connectivity index (χ1v) is 3.00. The van der Waals surface area contributed by atoms with E-state index in [4.69, 9.17) is 11.1 Å². The summed E-state index contributed by atoms with van der Waals surface area (Å²) >= 11 is 0. The highest BCUT2D eigenvalue weighted by atomic mass is 28.3. The largest absolute Gasteiger partial charge is 0.791 e. The highest BCUT2D eigenvalue weighted by molar-refractivity contribution is 6.25. The van der Waals surface area contributed by atoms with E-state index >= 15 is 0 Å². The van der Waals surface area contributed by atoms with E-state index in [1.165, 1.54) is 0 Å². The average Bonchev–Trinajstić information content (AvgIpc) is 1.97. The lowest BCUT2D eigenvalue weighted by Crippen LogP contribution is -2.02. The molecule has 0 aromatic heterocycles. The van der Waals surface area contributed by atoms with E-state index in [1.807, 2.05) is 0 Å². The van der Waals surface area contributed by atoms with Crippen LogP contribution in [0.15, 0.2) is 10.6 Å². The van der Waals surface area contributed by atoms with Crippen LogP contribution in [0.3, 0.4) is 0 Å². The molecule has 0 rings (SSSR count). The van der Waals surface area contributed by atoms with Crippen molar-refractivity contribution >= 4 is 9.17 Å². The molecular weight excluding hydrogens is 160 g/mol. The van der Waals surface area contributed by atoms with Gasteiger partial charge in [-0.15, -0.1) is 0 Å². The van der Waals surface area contributed by atoms with Crippen molar-refractivity contribution in [3.8, 4) is 0 Å². The Morgan fingerprint density at radius 1 is 1.20 bits per heavy atom. The molecule has 10 heteroatoms. The molecule has 0 aromatic carbocycles. The van der Waals surface area contributed by atoms with Gasteiger partial charge in [0.05, 0.1) is 0 Å². The molecule has 0 saturated heterocycles. The minimum atomic E-state index is -3.01. The molecule has 0 aromatic rings. The van der Waals surface area contributed by atoms with E-state index in [2.05, 4.69) is 29.4 Å². The van der Waals surface area contributed by atoms with Crippen LogP contribution in [0.25, 0.3) is 20.9 Å². The summed E-state index contributed by atoms with van der Waals surface area (Å²) in [5, 5.41) is 4.86. The van der Waals surface area contributed by atoms with Crippen molar-refractivity contribution in [1.82, 2.24) is 0 Å². The normalized spacial score (nSPS) is 6.40. The van der Waals surface area contributed by atoms with Crippen molar-refractivity contribution in [1.29, 1.82) is 0 Å². The fourth-order valence-electron chi connectivity index (χ4n) is 0.120. The molecule has 0 aliphatic rings. The molecule has 0 bridgehead atoms. The Hall–Kier alpha value is -1.76. The van der Waals surface area contributed by atoms with Crippen LogP contribution in [0, 0.1) is 0 Å². The van der Waals surface area contributed by atoms with Gasteiger partial charge in [-0.05, 0) is 11.1 Å². The van der Waals surface area contributed by atoms with Gasteiger partial charge < -0.3 is 9.05 Å². The summed E-state index contributed by atoms with van der Waals surface area (Å²) in [7, 11) is -3.01. The first-order valence-electron chi connectivity index (χ1n) is 1.78. The predicted molar refractivity (Wildman–Crippen MR) is 26.9 cm³/mol. The number of azide groups is 2. The van der Waals surface area contributed by atoms with Gasteiger partial charge >= 0.3 is 9.17 Å². The van der Waals surface area contributed by atoms with Gasteiger partial charge in [-0.1, -0.05) is 0 Å². The van der Waals surface area contributed by atoms with E-state index in [-0.39, 0.29) is 0 Å². The molecule has 0 saturated carbocycles.